The van der Waals surface area contributed by atoms with Crippen LogP contribution in [-0.2, 0) is 26.8 Å². The fourth-order valence-electron chi connectivity index (χ4n) is 5.63. The van der Waals surface area contributed by atoms with Crippen LogP contribution in [0.4, 0.5) is 5.69 Å². The highest BCUT2D eigenvalue weighted by Crippen LogP contribution is 2.59. The Kier molecular flexibility index (Phi) is 7.25. The van der Waals surface area contributed by atoms with Crippen LogP contribution < -0.4 is 13.8 Å². The third-order valence-corrected chi connectivity index (χ3v) is 12.0. The van der Waals surface area contributed by atoms with Crippen LogP contribution >= 0.6 is 23.1 Å². The molecule has 1 N–H and O–H groups in total. The van der Waals surface area contributed by atoms with E-state index in [9.17, 15) is 25.9 Å². The summed E-state index contributed by atoms with van der Waals surface area (Å²) in [6.07, 6.45) is 2.38. The number of aryl methyl sites for hydroxylation is 1. The van der Waals surface area contributed by atoms with Crippen molar-refractivity contribution in [3.8, 4) is 16.9 Å². The first kappa shape index (κ1) is 28.3. The minimum atomic E-state index is -4.38. The van der Waals surface area contributed by atoms with Gasteiger partial charge in [-0.15, -0.1) is 0 Å². The Balaban J connectivity index is 1.50. The Hall–Kier alpha value is -2.78. The molecule has 1 saturated heterocycles. The molecule has 0 bridgehead atoms. The lowest BCUT2D eigenvalue weighted by atomic mass is 10.0. The smallest absolute Gasteiger partial charge is 0.320 e. The Morgan fingerprint density at radius 2 is 1.85 bits per heavy atom. The molecule has 2 unspecified atom stereocenters. The molecular weight excluding hydrogens is 605 g/mol. The van der Waals surface area contributed by atoms with Crippen LogP contribution in [0.25, 0.3) is 27.4 Å². The number of ether oxygens (including phenoxy) is 1. The molecule has 13 heteroatoms. The van der Waals surface area contributed by atoms with Crippen molar-refractivity contribution in [1.82, 2.24) is 4.48 Å². The lowest BCUT2D eigenvalue weighted by Crippen LogP contribution is -2.66. The zero-order valence-corrected chi connectivity index (χ0v) is 25.2. The van der Waals surface area contributed by atoms with Crippen molar-refractivity contribution in [2.24, 2.45) is 0 Å². The van der Waals surface area contributed by atoms with Crippen molar-refractivity contribution in [1.29, 1.82) is 0 Å². The fourth-order valence-corrected chi connectivity index (χ4v) is 9.89. The molecule has 9 nitrogen and oxygen atoms in total. The van der Waals surface area contributed by atoms with E-state index in [0.29, 0.717) is 18.7 Å². The first-order valence-corrected chi connectivity index (χ1v) is 17.6. The number of quaternary nitrogens is 1. The summed E-state index contributed by atoms with van der Waals surface area (Å²) in [5, 5.41) is 0.485. The quantitative estimate of drug-likeness (QED) is 0.167. The maximum Gasteiger partial charge on any atom is 0.320 e. The molecule has 1 aromatic heterocycles. The molecule has 4 aromatic rings. The highest BCUT2D eigenvalue weighted by atomic mass is 32.2. The second-order valence-electron chi connectivity index (χ2n) is 10.0. The van der Waals surface area contributed by atoms with Gasteiger partial charge in [-0.05, 0) is 41.1 Å². The second kappa shape index (κ2) is 10.5. The summed E-state index contributed by atoms with van der Waals surface area (Å²) in [5.41, 5.74) is 3.60. The molecule has 2 aliphatic heterocycles. The Morgan fingerprint density at radius 3 is 2.51 bits per heavy atom. The number of hydrogen-bond acceptors (Lipinski definition) is 8. The summed E-state index contributed by atoms with van der Waals surface area (Å²) >= 11 is 2.95. The second-order valence-corrected chi connectivity index (χ2v) is 15.2. The van der Waals surface area contributed by atoms with Gasteiger partial charge in [0, 0.05) is 18.2 Å². The Morgan fingerprint density at radius 1 is 1.07 bits per heavy atom. The van der Waals surface area contributed by atoms with Crippen LogP contribution in [0, 0.1) is 0 Å². The van der Waals surface area contributed by atoms with Gasteiger partial charge in [-0.3, -0.25) is 4.55 Å². The first-order valence-electron chi connectivity index (χ1n) is 12.9. The molecule has 0 amide bonds. The van der Waals surface area contributed by atoms with Gasteiger partial charge >= 0.3 is 10.1 Å². The van der Waals surface area contributed by atoms with E-state index < -0.39 is 31.4 Å². The molecule has 214 valence electrons. The highest BCUT2D eigenvalue weighted by Gasteiger charge is 2.62. The number of methoxy groups -OCH3 is 1. The van der Waals surface area contributed by atoms with Gasteiger partial charge in [0.05, 0.1) is 47.2 Å². The van der Waals surface area contributed by atoms with Crippen molar-refractivity contribution >= 4 is 65.3 Å². The van der Waals surface area contributed by atoms with Crippen LogP contribution in [0.1, 0.15) is 17.8 Å². The number of benzene rings is 3. The molecule has 0 aliphatic carbocycles. The van der Waals surface area contributed by atoms with Crippen molar-refractivity contribution in [3.63, 3.8) is 0 Å². The van der Waals surface area contributed by atoms with Crippen molar-refractivity contribution < 1.29 is 35.2 Å². The van der Waals surface area contributed by atoms with Crippen LogP contribution in [0.15, 0.2) is 76.7 Å². The number of rotatable bonds is 8. The van der Waals surface area contributed by atoms with Gasteiger partial charge in [-0.25, -0.2) is 12.9 Å². The third kappa shape index (κ3) is 5.20. The van der Waals surface area contributed by atoms with Crippen LogP contribution in [0.3, 0.4) is 0 Å². The van der Waals surface area contributed by atoms with E-state index in [1.165, 1.54) is 23.1 Å². The summed E-state index contributed by atoms with van der Waals surface area (Å²) in [4.78, 5) is 0.913. The topological polar surface area (TPSA) is 125 Å². The first-order chi connectivity index (χ1) is 19.5. The lowest BCUT2D eigenvalue weighted by molar-refractivity contribution is -0.668. The SMILES string of the molecule is COc1ccc2sc(C=C3Sc4ccc(-c5ccccc5)cc4[N+]34CCC4S(=O)(=O)O)[n+](CCCS(=O)(=O)[O-])c2c1. The summed E-state index contributed by atoms with van der Waals surface area (Å²) in [6, 6.07) is 21.5. The molecule has 3 aromatic carbocycles. The normalized spacial score (nSPS) is 21.3. The molecule has 1 spiro atoms. The van der Waals surface area contributed by atoms with Gasteiger partial charge in [0.1, 0.15) is 10.4 Å². The number of thioether (sulfide) groups is 1. The van der Waals surface area contributed by atoms with E-state index in [0.717, 1.165) is 42.0 Å². The minimum Gasteiger partial charge on any atom is -0.748 e. The van der Waals surface area contributed by atoms with Gasteiger partial charge in [-0.2, -0.15) is 13.0 Å². The van der Waals surface area contributed by atoms with Gasteiger partial charge in [0.15, 0.2) is 17.3 Å². The van der Waals surface area contributed by atoms with E-state index in [1.807, 2.05) is 77.4 Å². The van der Waals surface area contributed by atoms with Crippen molar-refractivity contribution in [2.75, 3.05) is 19.4 Å². The zero-order valence-electron chi connectivity index (χ0n) is 22.0. The van der Waals surface area contributed by atoms with Gasteiger partial charge in [-0.1, -0.05) is 47.7 Å². The van der Waals surface area contributed by atoms with Crippen LogP contribution in [0.5, 0.6) is 5.75 Å². The van der Waals surface area contributed by atoms with Gasteiger partial charge in [0.2, 0.25) is 10.9 Å². The predicted molar refractivity (Wildman–Crippen MR) is 160 cm³/mol. The Bertz CT molecular complexity index is 1900. The fraction of sp³-hybridized carbons (Fsp3) is 0.250. The van der Waals surface area contributed by atoms with Gasteiger partial charge in [0.25, 0.3) is 5.01 Å². The van der Waals surface area contributed by atoms with E-state index in [1.54, 1.807) is 7.11 Å². The molecule has 2 aliphatic rings. The maximum absolute atomic E-state index is 12.7. The van der Waals surface area contributed by atoms with Crippen LogP contribution in [-0.4, -0.2) is 50.7 Å². The number of fused-ring (bicyclic) bond motifs is 3. The van der Waals surface area contributed by atoms with E-state index >= 15 is 0 Å². The Labute approximate surface area is 246 Å². The summed E-state index contributed by atoms with van der Waals surface area (Å²) < 4.78 is 77.8. The zero-order chi connectivity index (χ0) is 29.0. The van der Waals surface area contributed by atoms with Crippen LogP contribution in [0.2, 0.25) is 0 Å². The van der Waals surface area contributed by atoms with E-state index in [-0.39, 0.29) is 17.4 Å². The van der Waals surface area contributed by atoms with Gasteiger partial charge < -0.3 is 9.29 Å². The average molecular weight is 632 g/mol. The van der Waals surface area contributed by atoms with E-state index in [4.69, 9.17) is 4.74 Å². The molecule has 3 heterocycles. The molecule has 1 fully saturated rings. The minimum absolute atomic E-state index is 0.00792. The van der Waals surface area contributed by atoms with Crippen molar-refractivity contribution in [3.05, 3.63) is 76.8 Å². The summed E-state index contributed by atoms with van der Waals surface area (Å²) in [6.45, 7) is 0.771. The summed E-state index contributed by atoms with van der Waals surface area (Å²) in [5.74, 6) is 0.137. The summed E-state index contributed by atoms with van der Waals surface area (Å²) in [7, 11) is -7.20. The predicted octanol–water partition coefficient (Wildman–Crippen LogP) is 4.83. The highest BCUT2D eigenvalue weighted by molar-refractivity contribution is 8.03. The van der Waals surface area contributed by atoms with E-state index in [2.05, 4.69) is 0 Å². The standard InChI is InChI=1S/C28H26N2O7S4/c1-37-21-9-11-24-22(17-21)29(13-5-15-40(31,32)33)26(38-24)18-27-30(14-12-28(30)41(34,35)36)23-16-20(8-10-25(23)39-27)19-6-3-2-4-7-19/h2-4,6-11,16-18,28H,5,12-15H2,1H3/p+1. The number of hydrogen-bond donors (Lipinski definition) is 1. The maximum atomic E-state index is 12.7. The lowest BCUT2D eigenvalue weighted by Gasteiger charge is -2.47. The molecule has 0 saturated carbocycles. The third-order valence-electron chi connectivity index (χ3n) is 7.63. The monoisotopic (exact) mass is 631 g/mol. The average Bonchev–Trinajstić information content (AvgIpc) is 3.41. The number of thiazole rings is 1. The molecule has 0 radical (unpaired) electrons. The molecular formula is C28H27N2O7S4+. The number of aromatic nitrogens is 1. The largest absolute Gasteiger partial charge is 0.748 e. The number of nitrogens with zero attached hydrogens (tertiary/aromatic N) is 2. The molecule has 41 heavy (non-hydrogen) atoms. The van der Waals surface area contributed by atoms with Crippen molar-refractivity contribution in [2.45, 2.75) is 29.7 Å². The molecule has 2 atom stereocenters. The molecule has 6 rings (SSSR count).